The van der Waals surface area contributed by atoms with Gasteiger partial charge in [-0.15, -0.1) is 0 Å². The summed E-state index contributed by atoms with van der Waals surface area (Å²) in [5.74, 6) is 0. The highest BCUT2D eigenvalue weighted by Gasteiger charge is 1.88. The Labute approximate surface area is 82.0 Å². The quantitative estimate of drug-likeness (QED) is 0.513. The van der Waals surface area contributed by atoms with E-state index in [9.17, 15) is 0 Å². The monoisotopic (exact) mass is 176 g/mol. The summed E-state index contributed by atoms with van der Waals surface area (Å²) in [5, 5.41) is 0. The van der Waals surface area contributed by atoms with Crippen molar-refractivity contribution >= 4 is 0 Å². The van der Waals surface area contributed by atoms with E-state index in [1.165, 1.54) is 44.9 Å². The highest BCUT2D eigenvalue weighted by molar-refractivity contribution is 5.10. The van der Waals surface area contributed by atoms with E-state index in [1.807, 2.05) is 0 Å². The van der Waals surface area contributed by atoms with Crippen LogP contribution >= 0.6 is 0 Å². The standard InChI is InChI=1S/C13H20/c1-2-4-6-8-10-12-13-11-9-7-5-3-1/h1-6H,7-13H2/b2-1-,5-3+,6-4+. The molecule has 0 saturated carbocycles. The Hall–Kier alpha value is -0.780. The molecule has 0 heterocycles. The molecule has 0 nitrogen and oxygen atoms in total. The minimum atomic E-state index is 1.24. The highest BCUT2D eigenvalue weighted by Crippen LogP contribution is 2.08. The van der Waals surface area contributed by atoms with Crippen LogP contribution in [-0.2, 0) is 0 Å². The molecule has 13 heavy (non-hydrogen) atoms. The SMILES string of the molecule is C1=C\C=C\CCCCCCC/C=C/1. The molecule has 0 spiro atoms. The van der Waals surface area contributed by atoms with E-state index in [2.05, 4.69) is 36.5 Å². The van der Waals surface area contributed by atoms with Crippen molar-refractivity contribution in [1.82, 2.24) is 0 Å². The van der Waals surface area contributed by atoms with E-state index < -0.39 is 0 Å². The maximum absolute atomic E-state index is 2.27. The fourth-order valence-corrected chi connectivity index (χ4v) is 1.53. The zero-order chi connectivity index (χ0) is 9.19. The molecule has 0 unspecified atom stereocenters. The fourth-order valence-electron chi connectivity index (χ4n) is 1.53. The summed E-state index contributed by atoms with van der Waals surface area (Å²) in [5.41, 5.74) is 0. The molecular weight excluding hydrogens is 156 g/mol. The zero-order valence-corrected chi connectivity index (χ0v) is 8.41. The second-order valence-electron chi connectivity index (χ2n) is 3.59. The van der Waals surface area contributed by atoms with Crippen molar-refractivity contribution in [2.24, 2.45) is 0 Å². The summed E-state index contributed by atoms with van der Waals surface area (Å²) < 4.78 is 0. The normalized spacial score (nSPS) is 27.7. The van der Waals surface area contributed by atoms with Gasteiger partial charge in [-0.05, 0) is 25.7 Å². The molecule has 0 radical (unpaired) electrons. The summed E-state index contributed by atoms with van der Waals surface area (Å²) in [6, 6.07) is 0. The lowest BCUT2D eigenvalue weighted by Gasteiger charge is -1.97. The first-order chi connectivity index (χ1) is 6.50. The van der Waals surface area contributed by atoms with Crippen LogP contribution in [0.5, 0.6) is 0 Å². The molecule has 1 aliphatic carbocycles. The van der Waals surface area contributed by atoms with Crippen molar-refractivity contribution in [3.63, 3.8) is 0 Å². The maximum atomic E-state index is 2.27. The summed E-state index contributed by atoms with van der Waals surface area (Å²) in [6.45, 7) is 0. The minimum Gasteiger partial charge on any atom is -0.0845 e. The Bertz CT molecular complexity index is 164. The van der Waals surface area contributed by atoms with E-state index in [1.54, 1.807) is 0 Å². The fraction of sp³-hybridized carbons (Fsp3) is 0.538. The van der Waals surface area contributed by atoms with Gasteiger partial charge in [-0.25, -0.2) is 0 Å². The largest absolute Gasteiger partial charge is 0.0845 e. The molecule has 0 aromatic rings. The van der Waals surface area contributed by atoms with E-state index in [0.29, 0.717) is 0 Å². The molecule has 0 N–H and O–H groups in total. The van der Waals surface area contributed by atoms with Crippen molar-refractivity contribution in [2.45, 2.75) is 44.9 Å². The Morgan fingerprint density at radius 2 is 0.923 bits per heavy atom. The average molecular weight is 176 g/mol. The molecule has 1 aliphatic rings. The number of rotatable bonds is 0. The van der Waals surface area contributed by atoms with Gasteiger partial charge < -0.3 is 0 Å². The van der Waals surface area contributed by atoms with Crippen molar-refractivity contribution in [1.29, 1.82) is 0 Å². The van der Waals surface area contributed by atoms with Gasteiger partial charge in [0.05, 0.1) is 0 Å². The van der Waals surface area contributed by atoms with Crippen LogP contribution in [0.15, 0.2) is 36.5 Å². The van der Waals surface area contributed by atoms with Crippen LogP contribution in [0.4, 0.5) is 0 Å². The molecule has 0 fully saturated rings. The van der Waals surface area contributed by atoms with Gasteiger partial charge in [0, 0.05) is 0 Å². The van der Waals surface area contributed by atoms with Gasteiger partial charge in [-0.3, -0.25) is 0 Å². The summed E-state index contributed by atoms with van der Waals surface area (Å²) in [4.78, 5) is 0. The third kappa shape index (κ3) is 6.39. The van der Waals surface area contributed by atoms with Crippen molar-refractivity contribution in [2.75, 3.05) is 0 Å². The van der Waals surface area contributed by atoms with E-state index in [-0.39, 0.29) is 0 Å². The van der Waals surface area contributed by atoms with Gasteiger partial charge in [0.1, 0.15) is 0 Å². The predicted molar refractivity (Wildman–Crippen MR) is 59.7 cm³/mol. The first-order valence-corrected chi connectivity index (χ1v) is 5.48. The van der Waals surface area contributed by atoms with Gasteiger partial charge in [-0.2, -0.15) is 0 Å². The summed E-state index contributed by atoms with van der Waals surface area (Å²) >= 11 is 0. The summed E-state index contributed by atoms with van der Waals surface area (Å²) in [6.07, 6.45) is 22.5. The lowest BCUT2D eigenvalue weighted by Crippen LogP contribution is -1.77. The molecule has 1 rings (SSSR count). The van der Waals surface area contributed by atoms with Gasteiger partial charge >= 0.3 is 0 Å². The van der Waals surface area contributed by atoms with Gasteiger partial charge in [0.15, 0.2) is 0 Å². The second kappa shape index (κ2) is 7.85. The van der Waals surface area contributed by atoms with Crippen LogP contribution in [0.1, 0.15) is 44.9 Å². The van der Waals surface area contributed by atoms with Gasteiger partial charge in [0.25, 0.3) is 0 Å². The molecule has 0 aliphatic heterocycles. The van der Waals surface area contributed by atoms with Crippen LogP contribution in [-0.4, -0.2) is 0 Å². The van der Waals surface area contributed by atoms with E-state index >= 15 is 0 Å². The number of hydrogen-bond donors (Lipinski definition) is 0. The predicted octanol–water partition coefficient (Wildman–Crippen LogP) is 4.40. The maximum Gasteiger partial charge on any atom is -0.0348 e. The molecule has 0 aromatic carbocycles. The third-order valence-electron chi connectivity index (χ3n) is 2.35. The highest BCUT2D eigenvalue weighted by atomic mass is 13.9. The molecular formula is C13H20. The Kier molecular flexibility index (Phi) is 6.22. The number of hydrogen-bond acceptors (Lipinski definition) is 0. The minimum absolute atomic E-state index is 1.24. The van der Waals surface area contributed by atoms with Crippen molar-refractivity contribution in [3.05, 3.63) is 36.5 Å². The van der Waals surface area contributed by atoms with E-state index in [0.717, 1.165) is 0 Å². The average Bonchev–Trinajstić information content (AvgIpc) is 2.18. The first-order valence-electron chi connectivity index (χ1n) is 5.48. The Balaban J connectivity index is 2.29. The number of allylic oxidation sites excluding steroid dienone is 6. The first kappa shape index (κ1) is 10.3. The molecule has 0 aromatic heterocycles. The van der Waals surface area contributed by atoms with Crippen LogP contribution in [0.25, 0.3) is 0 Å². The molecule has 0 atom stereocenters. The van der Waals surface area contributed by atoms with E-state index in [4.69, 9.17) is 0 Å². The molecule has 0 saturated heterocycles. The van der Waals surface area contributed by atoms with Crippen molar-refractivity contribution in [3.8, 4) is 0 Å². The molecule has 72 valence electrons. The molecule has 0 heteroatoms. The Morgan fingerprint density at radius 3 is 1.46 bits per heavy atom. The van der Waals surface area contributed by atoms with Crippen molar-refractivity contribution < 1.29 is 0 Å². The second-order valence-corrected chi connectivity index (χ2v) is 3.59. The smallest absolute Gasteiger partial charge is 0.0348 e. The molecule has 0 bridgehead atoms. The van der Waals surface area contributed by atoms with Crippen LogP contribution in [0, 0.1) is 0 Å². The summed E-state index contributed by atoms with van der Waals surface area (Å²) in [7, 11) is 0. The Morgan fingerprint density at radius 1 is 0.462 bits per heavy atom. The topological polar surface area (TPSA) is 0 Å². The van der Waals surface area contributed by atoms with Crippen LogP contribution in [0.2, 0.25) is 0 Å². The lowest BCUT2D eigenvalue weighted by molar-refractivity contribution is 0.622. The lowest BCUT2D eigenvalue weighted by atomic mass is 10.1. The van der Waals surface area contributed by atoms with Gasteiger partial charge in [0.2, 0.25) is 0 Å². The third-order valence-corrected chi connectivity index (χ3v) is 2.35. The van der Waals surface area contributed by atoms with Crippen LogP contribution in [0.3, 0.4) is 0 Å². The van der Waals surface area contributed by atoms with Crippen LogP contribution < -0.4 is 0 Å². The van der Waals surface area contributed by atoms with Gasteiger partial charge in [-0.1, -0.05) is 55.7 Å². The zero-order valence-electron chi connectivity index (χ0n) is 8.41. The molecule has 0 amide bonds.